The van der Waals surface area contributed by atoms with Gasteiger partial charge in [-0.1, -0.05) is 17.7 Å². The van der Waals surface area contributed by atoms with Gasteiger partial charge in [-0.15, -0.1) is 0 Å². The molecule has 126 valence electrons. The van der Waals surface area contributed by atoms with Crippen LogP contribution < -0.4 is 9.80 Å². The molecule has 0 radical (unpaired) electrons. The Hall–Kier alpha value is -2.23. The highest BCUT2D eigenvalue weighted by Gasteiger charge is 2.50. The molecule has 0 saturated carbocycles. The topological polar surface area (TPSA) is 47.3 Å². The van der Waals surface area contributed by atoms with Crippen molar-refractivity contribution in [3.05, 3.63) is 58.1 Å². The Kier molecular flexibility index (Phi) is 4.40. The van der Waals surface area contributed by atoms with E-state index in [-0.39, 0.29) is 5.91 Å². The average Bonchev–Trinajstić information content (AvgIpc) is 2.74. The smallest absolute Gasteiger partial charge is 0.259 e. The normalized spacial score (nSPS) is 16.3. The summed E-state index contributed by atoms with van der Waals surface area (Å²) in [5.41, 5.74) is 2.38. The Morgan fingerprint density at radius 3 is 2.28 bits per heavy atom. The highest BCUT2D eigenvalue weighted by molar-refractivity contribution is 9.10. The van der Waals surface area contributed by atoms with Gasteiger partial charge in [0, 0.05) is 10.2 Å². The standard InChI is InChI=1S/C19H16BrN3OS/c1-12-4-7-14(8-5-12)23-18(25)22(17(24)19(23,2)3)15-9-6-13(11-21)16(20)10-15/h4-10H,1-3H3. The largest absolute Gasteiger partial charge is 0.304 e. The van der Waals surface area contributed by atoms with Crippen LogP contribution in [0.25, 0.3) is 0 Å². The summed E-state index contributed by atoms with van der Waals surface area (Å²) in [6, 6.07) is 15.2. The number of nitriles is 1. The fourth-order valence-corrected chi connectivity index (χ4v) is 3.86. The van der Waals surface area contributed by atoms with E-state index in [4.69, 9.17) is 17.5 Å². The molecule has 0 aromatic heterocycles. The number of thiocarbonyl (C=S) groups is 1. The van der Waals surface area contributed by atoms with Crippen molar-refractivity contribution in [1.29, 1.82) is 5.26 Å². The van der Waals surface area contributed by atoms with E-state index in [1.165, 1.54) is 4.90 Å². The second kappa shape index (κ2) is 6.25. The van der Waals surface area contributed by atoms with Gasteiger partial charge in [-0.05, 0) is 79.3 Å². The number of hydrogen-bond acceptors (Lipinski definition) is 3. The van der Waals surface area contributed by atoms with E-state index in [1.54, 1.807) is 18.2 Å². The van der Waals surface area contributed by atoms with Crippen molar-refractivity contribution in [3.8, 4) is 6.07 Å². The van der Waals surface area contributed by atoms with Crippen molar-refractivity contribution in [3.63, 3.8) is 0 Å². The molecule has 1 saturated heterocycles. The molecular formula is C19H16BrN3OS. The van der Waals surface area contributed by atoms with Crippen molar-refractivity contribution >= 4 is 50.5 Å². The lowest BCUT2D eigenvalue weighted by atomic mass is 10.0. The minimum Gasteiger partial charge on any atom is -0.304 e. The maximum atomic E-state index is 13.1. The van der Waals surface area contributed by atoms with E-state index in [0.29, 0.717) is 20.8 Å². The zero-order valence-corrected chi connectivity index (χ0v) is 16.5. The molecule has 1 heterocycles. The lowest BCUT2D eigenvalue weighted by molar-refractivity contribution is -0.120. The van der Waals surface area contributed by atoms with Crippen LogP contribution in [-0.2, 0) is 4.79 Å². The average molecular weight is 414 g/mol. The number of aryl methyl sites for hydroxylation is 1. The number of carbonyl (C=O) groups excluding carboxylic acids is 1. The van der Waals surface area contributed by atoms with Crippen LogP contribution in [-0.4, -0.2) is 16.6 Å². The molecule has 1 aliphatic heterocycles. The third-order valence-corrected chi connectivity index (χ3v) is 5.31. The molecule has 6 heteroatoms. The van der Waals surface area contributed by atoms with E-state index in [1.807, 2.05) is 49.9 Å². The van der Waals surface area contributed by atoms with Gasteiger partial charge in [-0.3, -0.25) is 9.69 Å². The lowest BCUT2D eigenvalue weighted by Gasteiger charge is -2.29. The molecule has 25 heavy (non-hydrogen) atoms. The van der Waals surface area contributed by atoms with Gasteiger partial charge < -0.3 is 4.90 Å². The summed E-state index contributed by atoms with van der Waals surface area (Å²) in [7, 11) is 0. The van der Waals surface area contributed by atoms with Crippen molar-refractivity contribution in [1.82, 2.24) is 0 Å². The highest BCUT2D eigenvalue weighted by atomic mass is 79.9. The van der Waals surface area contributed by atoms with Gasteiger partial charge in [-0.2, -0.15) is 5.26 Å². The molecule has 2 aromatic rings. The summed E-state index contributed by atoms with van der Waals surface area (Å²) >= 11 is 9.01. The first kappa shape index (κ1) is 17.6. The number of hydrogen-bond donors (Lipinski definition) is 0. The van der Waals surface area contributed by atoms with Crippen LogP contribution in [0.2, 0.25) is 0 Å². The molecule has 0 spiro atoms. The Morgan fingerprint density at radius 2 is 1.72 bits per heavy atom. The van der Waals surface area contributed by atoms with Crippen LogP contribution in [0.1, 0.15) is 25.0 Å². The van der Waals surface area contributed by atoms with Gasteiger partial charge in [0.15, 0.2) is 5.11 Å². The second-order valence-electron chi connectivity index (χ2n) is 6.43. The van der Waals surface area contributed by atoms with E-state index in [2.05, 4.69) is 22.0 Å². The molecule has 0 aliphatic carbocycles. The summed E-state index contributed by atoms with van der Waals surface area (Å²) in [5, 5.41) is 9.51. The molecule has 2 aromatic carbocycles. The van der Waals surface area contributed by atoms with Crippen LogP contribution in [0.5, 0.6) is 0 Å². The fourth-order valence-electron chi connectivity index (χ4n) is 2.88. The predicted molar refractivity (Wildman–Crippen MR) is 107 cm³/mol. The van der Waals surface area contributed by atoms with Crippen LogP contribution in [0.15, 0.2) is 46.9 Å². The van der Waals surface area contributed by atoms with Gasteiger partial charge >= 0.3 is 0 Å². The number of rotatable bonds is 2. The van der Waals surface area contributed by atoms with Crippen LogP contribution >= 0.6 is 28.1 Å². The highest BCUT2D eigenvalue weighted by Crippen LogP contribution is 2.37. The molecular weight excluding hydrogens is 398 g/mol. The predicted octanol–water partition coefficient (Wildman–Crippen LogP) is 4.55. The van der Waals surface area contributed by atoms with Crippen LogP contribution in [0.3, 0.4) is 0 Å². The van der Waals surface area contributed by atoms with E-state index < -0.39 is 5.54 Å². The van der Waals surface area contributed by atoms with Crippen LogP contribution in [0.4, 0.5) is 11.4 Å². The first-order valence-electron chi connectivity index (χ1n) is 7.72. The van der Waals surface area contributed by atoms with Crippen LogP contribution in [0, 0.1) is 18.3 Å². The Labute approximate surface area is 160 Å². The molecule has 3 rings (SSSR count). The number of benzene rings is 2. The van der Waals surface area contributed by atoms with Crippen molar-refractivity contribution in [2.45, 2.75) is 26.3 Å². The monoisotopic (exact) mass is 413 g/mol. The van der Waals surface area contributed by atoms with Crippen molar-refractivity contribution in [2.24, 2.45) is 0 Å². The lowest BCUT2D eigenvalue weighted by Crippen LogP contribution is -2.44. The van der Waals surface area contributed by atoms with Gasteiger partial charge in [0.05, 0.1) is 11.3 Å². The first-order valence-corrected chi connectivity index (χ1v) is 8.92. The number of carbonyl (C=O) groups is 1. The maximum Gasteiger partial charge on any atom is 0.259 e. The van der Waals surface area contributed by atoms with E-state index >= 15 is 0 Å². The fraction of sp³-hybridized carbons (Fsp3) is 0.211. The number of amides is 1. The van der Waals surface area contributed by atoms with Gasteiger partial charge in [0.25, 0.3) is 5.91 Å². The summed E-state index contributed by atoms with van der Waals surface area (Å²) in [6.45, 7) is 5.74. The maximum absolute atomic E-state index is 13.1. The molecule has 4 nitrogen and oxygen atoms in total. The Morgan fingerprint density at radius 1 is 1.12 bits per heavy atom. The second-order valence-corrected chi connectivity index (χ2v) is 7.65. The first-order chi connectivity index (χ1) is 11.8. The van der Waals surface area contributed by atoms with E-state index in [9.17, 15) is 4.79 Å². The van der Waals surface area contributed by atoms with Gasteiger partial charge in [0.2, 0.25) is 0 Å². The Balaban J connectivity index is 2.07. The molecule has 0 atom stereocenters. The third kappa shape index (κ3) is 2.84. The van der Waals surface area contributed by atoms with Crippen molar-refractivity contribution < 1.29 is 4.79 Å². The molecule has 1 aliphatic rings. The SMILES string of the molecule is Cc1ccc(N2C(=S)N(c3ccc(C#N)c(Br)c3)C(=O)C2(C)C)cc1. The number of nitrogens with zero attached hydrogens (tertiary/aromatic N) is 3. The quantitative estimate of drug-likeness (QED) is 0.677. The summed E-state index contributed by atoms with van der Waals surface area (Å²) in [4.78, 5) is 16.5. The van der Waals surface area contributed by atoms with Crippen molar-refractivity contribution in [2.75, 3.05) is 9.80 Å². The number of halogens is 1. The molecule has 1 amide bonds. The van der Waals surface area contributed by atoms with E-state index in [0.717, 1.165) is 11.3 Å². The summed E-state index contributed by atoms with van der Waals surface area (Å²) in [5.74, 6) is -0.102. The van der Waals surface area contributed by atoms with Gasteiger partial charge in [0.1, 0.15) is 11.6 Å². The third-order valence-electron chi connectivity index (χ3n) is 4.29. The summed E-state index contributed by atoms with van der Waals surface area (Å²) < 4.78 is 0.634. The summed E-state index contributed by atoms with van der Waals surface area (Å²) in [6.07, 6.45) is 0. The van der Waals surface area contributed by atoms with Gasteiger partial charge in [-0.25, -0.2) is 0 Å². The minimum atomic E-state index is -0.799. The zero-order chi connectivity index (χ0) is 18.4. The minimum absolute atomic E-state index is 0.102. The molecule has 1 fully saturated rings. The Bertz CT molecular complexity index is 915. The molecule has 0 unspecified atom stereocenters. The zero-order valence-electron chi connectivity index (χ0n) is 14.1. The molecule has 0 bridgehead atoms. The number of anilines is 2. The molecule has 0 N–H and O–H groups in total.